The van der Waals surface area contributed by atoms with E-state index in [0.29, 0.717) is 12.1 Å². The molecule has 1 aliphatic heterocycles. The second kappa shape index (κ2) is 9.73. The Morgan fingerprint density at radius 2 is 1.63 bits per heavy atom. The van der Waals surface area contributed by atoms with Crippen LogP contribution >= 0.6 is 0 Å². The van der Waals surface area contributed by atoms with E-state index >= 15 is 0 Å². The SMILES string of the molecule is CC(C)S(=O)(=O)c1ccc(C(=O)NCc2cccc(CN3CCN(C)CC3)c2)cc1. The Kier molecular flexibility index (Phi) is 7.28. The van der Waals surface area contributed by atoms with E-state index < -0.39 is 15.1 Å². The summed E-state index contributed by atoms with van der Waals surface area (Å²) in [7, 11) is -1.18. The van der Waals surface area contributed by atoms with Crippen LogP contribution in [-0.4, -0.2) is 62.6 Å². The maximum Gasteiger partial charge on any atom is 0.251 e. The zero-order valence-corrected chi connectivity index (χ0v) is 18.8. The van der Waals surface area contributed by atoms with Crippen molar-refractivity contribution in [1.82, 2.24) is 15.1 Å². The Bertz CT molecular complexity index is 963. The predicted octanol–water partition coefficient (Wildman–Crippen LogP) is 2.55. The summed E-state index contributed by atoms with van der Waals surface area (Å²) in [6, 6.07) is 14.4. The number of hydrogen-bond acceptors (Lipinski definition) is 5. The lowest BCUT2D eigenvalue weighted by Crippen LogP contribution is -2.43. The van der Waals surface area contributed by atoms with E-state index in [1.165, 1.54) is 17.7 Å². The summed E-state index contributed by atoms with van der Waals surface area (Å²) in [4.78, 5) is 17.5. The Hall–Kier alpha value is -2.22. The van der Waals surface area contributed by atoms with Gasteiger partial charge in [-0.2, -0.15) is 0 Å². The zero-order valence-electron chi connectivity index (χ0n) is 18.0. The Balaban J connectivity index is 1.57. The molecule has 0 radical (unpaired) electrons. The minimum atomic E-state index is -3.33. The second-order valence-electron chi connectivity index (χ2n) is 8.20. The summed E-state index contributed by atoms with van der Waals surface area (Å²) in [5, 5.41) is 2.43. The van der Waals surface area contributed by atoms with Crippen LogP contribution in [0.25, 0.3) is 0 Å². The standard InChI is InChI=1S/C23H31N3O3S/c1-18(2)30(28,29)22-9-7-21(8-10-22)23(27)24-16-19-5-4-6-20(15-19)17-26-13-11-25(3)12-14-26/h4-10,15,18H,11-14,16-17H2,1-3H3,(H,24,27). The third kappa shape index (κ3) is 5.68. The lowest BCUT2D eigenvalue weighted by molar-refractivity contribution is 0.0950. The van der Waals surface area contributed by atoms with Gasteiger partial charge in [-0.3, -0.25) is 9.69 Å². The van der Waals surface area contributed by atoms with Crippen molar-refractivity contribution >= 4 is 15.7 Å². The fourth-order valence-corrected chi connectivity index (χ4v) is 4.51. The van der Waals surface area contributed by atoms with E-state index in [4.69, 9.17) is 0 Å². The van der Waals surface area contributed by atoms with Crippen molar-refractivity contribution in [2.45, 2.75) is 37.1 Å². The molecular weight excluding hydrogens is 398 g/mol. The van der Waals surface area contributed by atoms with Crippen molar-refractivity contribution in [3.8, 4) is 0 Å². The molecule has 7 heteroatoms. The van der Waals surface area contributed by atoms with Crippen LogP contribution in [0.3, 0.4) is 0 Å². The van der Waals surface area contributed by atoms with Crippen LogP contribution in [0.1, 0.15) is 35.3 Å². The van der Waals surface area contributed by atoms with E-state index in [9.17, 15) is 13.2 Å². The zero-order chi connectivity index (χ0) is 21.7. The molecule has 3 rings (SSSR count). The average Bonchev–Trinajstić information content (AvgIpc) is 2.74. The van der Waals surface area contributed by atoms with Gasteiger partial charge in [-0.05, 0) is 56.3 Å². The maximum absolute atomic E-state index is 12.5. The van der Waals surface area contributed by atoms with Gasteiger partial charge in [0.15, 0.2) is 9.84 Å². The number of carbonyl (C=O) groups is 1. The Morgan fingerprint density at radius 1 is 1.00 bits per heavy atom. The van der Waals surface area contributed by atoms with Crippen LogP contribution in [0.2, 0.25) is 0 Å². The first-order valence-corrected chi connectivity index (χ1v) is 11.9. The highest BCUT2D eigenvalue weighted by Gasteiger charge is 2.19. The molecule has 0 aromatic heterocycles. The van der Waals surface area contributed by atoms with Gasteiger partial charge in [-0.1, -0.05) is 24.3 Å². The molecule has 1 N–H and O–H groups in total. The van der Waals surface area contributed by atoms with Crippen molar-refractivity contribution in [2.75, 3.05) is 33.2 Å². The fourth-order valence-electron chi connectivity index (χ4n) is 3.45. The van der Waals surface area contributed by atoms with Crippen LogP contribution in [0.4, 0.5) is 0 Å². The van der Waals surface area contributed by atoms with Crippen LogP contribution in [-0.2, 0) is 22.9 Å². The van der Waals surface area contributed by atoms with Gasteiger partial charge in [0, 0.05) is 44.8 Å². The molecule has 2 aromatic carbocycles. The molecule has 6 nitrogen and oxygen atoms in total. The number of benzene rings is 2. The van der Waals surface area contributed by atoms with Gasteiger partial charge in [0.1, 0.15) is 0 Å². The topological polar surface area (TPSA) is 69.7 Å². The second-order valence-corrected chi connectivity index (χ2v) is 10.7. The minimum Gasteiger partial charge on any atom is -0.348 e. The summed E-state index contributed by atoms with van der Waals surface area (Å²) in [6.45, 7) is 8.96. The lowest BCUT2D eigenvalue weighted by atomic mass is 10.1. The van der Waals surface area contributed by atoms with Crippen molar-refractivity contribution in [2.24, 2.45) is 0 Å². The molecule has 1 saturated heterocycles. The summed E-state index contributed by atoms with van der Waals surface area (Å²) >= 11 is 0. The number of nitrogens with zero attached hydrogens (tertiary/aromatic N) is 2. The first-order valence-electron chi connectivity index (χ1n) is 10.4. The fraction of sp³-hybridized carbons (Fsp3) is 0.435. The number of likely N-dealkylation sites (N-methyl/N-ethyl adjacent to an activating group) is 1. The third-order valence-corrected chi connectivity index (χ3v) is 7.68. The number of nitrogens with one attached hydrogen (secondary N) is 1. The minimum absolute atomic E-state index is 0.215. The molecule has 1 amide bonds. The quantitative estimate of drug-likeness (QED) is 0.733. The first kappa shape index (κ1) is 22.5. The molecule has 0 saturated carbocycles. The molecule has 1 fully saturated rings. The van der Waals surface area contributed by atoms with E-state index in [2.05, 4.69) is 34.3 Å². The van der Waals surface area contributed by atoms with Crippen LogP contribution in [0, 0.1) is 0 Å². The van der Waals surface area contributed by atoms with E-state index in [1.807, 2.05) is 12.1 Å². The van der Waals surface area contributed by atoms with E-state index in [1.54, 1.807) is 26.0 Å². The number of amides is 1. The predicted molar refractivity (Wildman–Crippen MR) is 119 cm³/mol. The average molecular weight is 430 g/mol. The first-order chi connectivity index (χ1) is 14.3. The van der Waals surface area contributed by atoms with E-state index in [0.717, 1.165) is 38.3 Å². The van der Waals surface area contributed by atoms with Crippen LogP contribution in [0.5, 0.6) is 0 Å². The van der Waals surface area contributed by atoms with Gasteiger partial charge >= 0.3 is 0 Å². The van der Waals surface area contributed by atoms with Gasteiger partial charge in [-0.25, -0.2) is 8.42 Å². The highest BCUT2D eigenvalue weighted by molar-refractivity contribution is 7.92. The molecule has 1 aliphatic rings. The van der Waals surface area contributed by atoms with Gasteiger partial charge in [-0.15, -0.1) is 0 Å². The molecule has 0 atom stereocenters. The highest BCUT2D eigenvalue weighted by Crippen LogP contribution is 2.17. The number of rotatable bonds is 7. The van der Waals surface area contributed by atoms with Gasteiger partial charge in [0.25, 0.3) is 5.91 Å². The maximum atomic E-state index is 12.5. The van der Waals surface area contributed by atoms with Crippen molar-refractivity contribution in [3.63, 3.8) is 0 Å². The normalized spacial score (nSPS) is 16.0. The summed E-state index contributed by atoms with van der Waals surface area (Å²) in [6.07, 6.45) is 0. The Labute approximate surface area is 179 Å². The summed E-state index contributed by atoms with van der Waals surface area (Å²) < 4.78 is 24.4. The lowest BCUT2D eigenvalue weighted by Gasteiger charge is -2.32. The number of piperazine rings is 1. The number of hydrogen-bond donors (Lipinski definition) is 1. The van der Waals surface area contributed by atoms with Crippen LogP contribution < -0.4 is 5.32 Å². The van der Waals surface area contributed by atoms with Gasteiger partial charge in [0.05, 0.1) is 10.1 Å². The molecule has 0 unspecified atom stereocenters. The van der Waals surface area contributed by atoms with E-state index in [-0.39, 0.29) is 10.8 Å². The Morgan fingerprint density at radius 3 is 2.27 bits per heavy atom. The number of sulfone groups is 1. The van der Waals surface area contributed by atoms with Gasteiger partial charge < -0.3 is 10.2 Å². The number of carbonyl (C=O) groups excluding carboxylic acids is 1. The van der Waals surface area contributed by atoms with Gasteiger partial charge in [0.2, 0.25) is 0 Å². The van der Waals surface area contributed by atoms with Crippen molar-refractivity contribution in [3.05, 3.63) is 65.2 Å². The molecular formula is C23H31N3O3S. The molecule has 2 aromatic rings. The molecule has 0 aliphatic carbocycles. The molecule has 0 spiro atoms. The largest absolute Gasteiger partial charge is 0.348 e. The monoisotopic (exact) mass is 429 g/mol. The van der Waals surface area contributed by atoms with Crippen molar-refractivity contribution < 1.29 is 13.2 Å². The summed E-state index contributed by atoms with van der Waals surface area (Å²) in [5.74, 6) is -0.215. The van der Waals surface area contributed by atoms with Crippen molar-refractivity contribution in [1.29, 1.82) is 0 Å². The van der Waals surface area contributed by atoms with Crippen LogP contribution in [0.15, 0.2) is 53.4 Å². The molecule has 0 bridgehead atoms. The summed E-state index contributed by atoms with van der Waals surface area (Å²) in [5.41, 5.74) is 2.75. The molecule has 162 valence electrons. The smallest absolute Gasteiger partial charge is 0.251 e. The molecule has 1 heterocycles. The highest BCUT2D eigenvalue weighted by atomic mass is 32.2. The third-order valence-electron chi connectivity index (χ3n) is 5.51. The molecule has 30 heavy (non-hydrogen) atoms.